The molecule has 0 aliphatic heterocycles. The smallest absolute Gasteiger partial charge is 0.278 e. The summed E-state index contributed by atoms with van der Waals surface area (Å²) in [6, 6.07) is 16.5. The fraction of sp³-hybridized carbons (Fsp3) is 0.250. The third-order valence-electron chi connectivity index (χ3n) is 5.46. The zero-order valence-corrected chi connectivity index (χ0v) is 19.3. The molecule has 2 aromatic carbocycles. The monoisotopic (exact) mass is 447 g/mol. The Hall–Kier alpha value is -3.39. The average Bonchev–Trinajstić information content (AvgIpc) is 3.16. The predicted octanol–water partition coefficient (Wildman–Crippen LogP) is 4.51. The van der Waals surface area contributed by atoms with Crippen molar-refractivity contribution >= 4 is 34.3 Å². The van der Waals surface area contributed by atoms with E-state index in [1.165, 1.54) is 4.68 Å². The molecular weight excluding hydrogens is 422 g/mol. The summed E-state index contributed by atoms with van der Waals surface area (Å²) in [5, 5.41) is 12.5. The van der Waals surface area contributed by atoms with Crippen LogP contribution in [0.5, 0.6) is 0 Å². The maximum atomic E-state index is 13.5. The van der Waals surface area contributed by atoms with E-state index in [9.17, 15) is 9.59 Å². The molecule has 0 radical (unpaired) electrons. The van der Waals surface area contributed by atoms with E-state index in [-0.39, 0.29) is 11.5 Å². The first-order valence-corrected chi connectivity index (χ1v) is 11.7. The third kappa shape index (κ3) is 3.93. The number of para-hydroxylation sites is 1. The van der Waals surface area contributed by atoms with E-state index in [0.717, 1.165) is 16.3 Å². The number of aryl methyl sites for hydroxylation is 2. The molecule has 0 saturated heterocycles. The lowest BCUT2D eigenvalue weighted by atomic mass is 10.2. The Morgan fingerprint density at radius 1 is 1.09 bits per heavy atom. The lowest BCUT2D eigenvalue weighted by Crippen LogP contribution is -2.35. The third-order valence-corrected chi connectivity index (χ3v) is 6.19. The van der Waals surface area contributed by atoms with Gasteiger partial charge in [-0.05, 0) is 56.9 Å². The van der Waals surface area contributed by atoms with E-state index in [2.05, 4.69) is 15.5 Å². The number of thioether (sulfide) groups is 1. The molecule has 4 rings (SSSR count). The summed E-state index contributed by atoms with van der Waals surface area (Å²) < 4.78 is 3.05. The number of carbonyl (C=O) groups is 1. The van der Waals surface area contributed by atoms with E-state index in [1.54, 1.807) is 16.4 Å². The molecular formula is C24H25N5O2S. The zero-order valence-electron chi connectivity index (χ0n) is 18.5. The normalized spacial score (nSPS) is 12.1. The Morgan fingerprint density at radius 2 is 1.84 bits per heavy atom. The van der Waals surface area contributed by atoms with Gasteiger partial charge in [-0.3, -0.25) is 9.59 Å². The highest BCUT2D eigenvalue weighted by atomic mass is 32.2. The van der Waals surface area contributed by atoms with Gasteiger partial charge in [0.1, 0.15) is 11.6 Å². The predicted molar refractivity (Wildman–Crippen MR) is 129 cm³/mol. The Kier molecular flexibility index (Phi) is 6.14. The summed E-state index contributed by atoms with van der Waals surface area (Å²) in [6.45, 7) is 5.55. The van der Waals surface area contributed by atoms with Crippen LogP contribution in [0, 0.1) is 13.8 Å². The molecule has 7 nitrogen and oxygen atoms in total. The molecule has 2 aromatic heterocycles. The van der Waals surface area contributed by atoms with Gasteiger partial charge in [0, 0.05) is 10.6 Å². The van der Waals surface area contributed by atoms with Gasteiger partial charge in [-0.15, -0.1) is 11.8 Å². The second kappa shape index (κ2) is 9.00. The van der Waals surface area contributed by atoms with Crippen molar-refractivity contribution in [2.45, 2.75) is 38.1 Å². The Morgan fingerprint density at radius 3 is 2.53 bits per heavy atom. The van der Waals surface area contributed by atoms with E-state index in [0.29, 0.717) is 28.7 Å². The molecule has 0 bridgehead atoms. The second-order valence-electron chi connectivity index (χ2n) is 7.54. The van der Waals surface area contributed by atoms with Gasteiger partial charge in [0.15, 0.2) is 0 Å². The molecule has 1 amide bonds. The maximum absolute atomic E-state index is 13.5. The van der Waals surface area contributed by atoms with E-state index in [4.69, 9.17) is 0 Å². The first-order chi connectivity index (χ1) is 15.4. The fourth-order valence-electron chi connectivity index (χ4n) is 3.81. The number of hydrogen-bond donors (Lipinski definition) is 1. The van der Waals surface area contributed by atoms with Gasteiger partial charge in [0.25, 0.3) is 5.56 Å². The highest BCUT2D eigenvalue weighted by Crippen LogP contribution is 2.23. The van der Waals surface area contributed by atoms with Gasteiger partial charge in [0.05, 0.1) is 22.5 Å². The molecule has 164 valence electrons. The second-order valence-corrected chi connectivity index (χ2v) is 8.42. The van der Waals surface area contributed by atoms with E-state index >= 15 is 0 Å². The molecule has 0 spiro atoms. The number of anilines is 1. The highest BCUT2D eigenvalue weighted by molar-refractivity contribution is 7.98. The quantitative estimate of drug-likeness (QED) is 0.440. The van der Waals surface area contributed by atoms with Crippen LogP contribution < -0.4 is 10.9 Å². The first-order valence-electron chi connectivity index (χ1n) is 10.4. The SMILES string of the molecule is CCC(C(=O)Nc1cccc(SC)c1)n1nc(C)c2nn(-c3ccccc3)c(C)c2c1=O. The summed E-state index contributed by atoms with van der Waals surface area (Å²) >= 11 is 1.60. The molecule has 1 N–H and O–H groups in total. The number of fused-ring (bicyclic) bond motifs is 1. The van der Waals surface area contributed by atoms with Crippen molar-refractivity contribution in [2.75, 3.05) is 11.6 Å². The molecule has 0 aliphatic rings. The molecule has 0 fully saturated rings. The van der Waals surface area contributed by atoms with Gasteiger partial charge in [-0.25, -0.2) is 9.36 Å². The zero-order chi connectivity index (χ0) is 22.8. The van der Waals surface area contributed by atoms with Crippen LogP contribution in [-0.2, 0) is 4.79 Å². The number of nitrogens with zero attached hydrogens (tertiary/aromatic N) is 4. The van der Waals surface area contributed by atoms with Crippen molar-refractivity contribution in [3.63, 3.8) is 0 Å². The minimum Gasteiger partial charge on any atom is -0.324 e. The van der Waals surface area contributed by atoms with Crippen LogP contribution in [-0.4, -0.2) is 31.7 Å². The van der Waals surface area contributed by atoms with Crippen LogP contribution in [0.15, 0.2) is 64.3 Å². The average molecular weight is 448 g/mol. The lowest BCUT2D eigenvalue weighted by Gasteiger charge is -2.17. The largest absolute Gasteiger partial charge is 0.324 e. The van der Waals surface area contributed by atoms with Crippen molar-refractivity contribution in [2.24, 2.45) is 0 Å². The molecule has 0 aliphatic carbocycles. The summed E-state index contributed by atoms with van der Waals surface area (Å²) in [5.41, 5.74) is 3.12. The number of amides is 1. The van der Waals surface area contributed by atoms with Crippen molar-refractivity contribution in [1.29, 1.82) is 0 Å². The summed E-state index contributed by atoms with van der Waals surface area (Å²) in [5.74, 6) is -0.271. The maximum Gasteiger partial charge on any atom is 0.278 e. The van der Waals surface area contributed by atoms with Crippen molar-refractivity contribution < 1.29 is 4.79 Å². The Labute approximate surface area is 190 Å². The van der Waals surface area contributed by atoms with E-state index in [1.807, 2.05) is 81.6 Å². The molecule has 0 saturated carbocycles. The van der Waals surface area contributed by atoms with Crippen molar-refractivity contribution in [1.82, 2.24) is 19.6 Å². The molecule has 1 atom stereocenters. The van der Waals surface area contributed by atoms with Crippen LogP contribution in [0.3, 0.4) is 0 Å². The minimum absolute atomic E-state index is 0.271. The van der Waals surface area contributed by atoms with Crippen molar-refractivity contribution in [3.05, 3.63) is 76.3 Å². The topological polar surface area (TPSA) is 81.8 Å². The minimum atomic E-state index is -0.733. The number of aromatic nitrogens is 4. The van der Waals surface area contributed by atoms with Gasteiger partial charge in [-0.2, -0.15) is 10.2 Å². The molecule has 1 unspecified atom stereocenters. The Bertz CT molecular complexity index is 1340. The van der Waals surface area contributed by atoms with Crippen LogP contribution in [0.1, 0.15) is 30.8 Å². The van der Waals surface area contributed by atoms with Gasteiger partial charge < -0.3 is 5.32 Å². The summed E-state index contributed by atoms with van der Waals surface area (Å²) in [4.78, 5) is 27.6. The number of hydrogen-bond acceptors (Lipinski definition) is 5. The van der Waals surface area contributed by atoms with Crippen LogP contribution in [0.2, 0.25) is 0 Å². The van der Waals surface area contributed by atoms with Crippen LogP contribution in [0.25, 0.3) is 16.6 Å². The fourth-order valence-corrected chi connectivity index (χ4v) is 4.27. The van der Waals surface area contributed by atoms with Gasteiger partial charge in [0.2, 0.25) is 5.91 Å². The number of nitrogens with one attached hydrogen (secondary N) is 1. The first kappa shape index (κ1) is 21.8. The molecule has 32 heavy (non-hydrogen) atoms. The van der Waals surface area contributed by atoms with Crippen molar-refractivity contribution in [3.8, 4) is 5.69 Å². The number of carbonyl (C=O) groups excluding carboxylic acids is 1. The lowest BCUT2D eigenvalue weighted by molar-refractivity contribution is -0.119. The van der Waals surface area contributed by atoms with Crippen LogP contribution >= 0.6 is 11.8 Å². The van der Waals surface area contributed by atoms with Crippen LogP contribution in [0.4, 0.5) is 5.69 Å². The Balaban J connectivity index is 1.77. The highest BCUT2D eigenvalue weighted by Gasteiger charge is 2.25. The van der Waals surface area contributed by atoms with Gasteiger partial charge in [-0.1, -0.05) is 31.2 Å². The summed E-state index contributed by atoms with van der Waals surface area (Å²) in [6.07, 6.45) is 2.41. The molecule has 2 heterocycles. The van der Waals surface area contributed by atoms with Gasteiger partial charge >= 0.3 is 0 Å². The number of rotatable bonds is 6. The molecule has 8 heteroatoms. The number of benzene rings is 2. The van der Waals surface area contributed by atoms with E-state index < -0.39 is 6.04 Å². The standard InChI is InChI=1S/C24H25N5O2S/c1-5-20(23(30)25-17-10-9-13-19(14-17)32-4)29-24(31)21-16(3)28(18-11-7-6-8-12-18)27-22(21)15(2)26-29/h6-14,20H,5H2,1-4H3,(H,25,30). The summed E-state index contributed by atoms with van der Waals surface area (Å²) in [7, 11) is 0. The molecule has 4 aromatic rings.